The normalized spacial score (nSPS) is 26.2. The van der Waals surface area contributed by atoms with Crippen LogP contribution in [0.25, 0.3) is 0 Å². The molecule has 2 aromatic rings. The van der Waals surface area contributed by atoms with Crippen molar-refractivity contribution < 1.29 is 29.0 Å². The molecule has 2 unspecified atom stereocenters. The summed E-state index contributed by atoms with van der Waals surface area (Å²) in [4.78, 5) is 40.4. The van der Waals surface area contributed by atoms with E-state index in [1.165, 1.54) is 11.8 Å². The van der Waals surface area contributed by atoms with Crippen LogP contribution in [-0.4, -0.2) is 72.9 Å². The molecular formula is C31H38ClN2O6S+. The lowest BCUT2D eigenvalue weighted by Gasteiger charge is -2.45. The molecule has 10 heteroatoms. The number of hydrogen-bond donors (Lipinski definition) is 1. The standard InChI is InChI=1S/C31H37ClN2O6S/c1-19(35)24-15-33(30(37)38)10-9-21(24)16-34(18-31(2,3)4)25-7-6-22(32)14-23(25)29(41-17-28(34)36)20-5-8-26-27(13-20)40-12-11-39-26/h5-8,13-14,21,24,29H,9-12,15-18H2,1-4H3/p+1/t21-,24-,29?,34?/m1/s1. The van der Waals surface area contributed by atoms with Crippen molar-refractivity contribution >= 4 is 46.8 Å². The molecule has 220 valence electrons. The Morgan fingerprint density at radius 2 is 1.85 bits per heavy atom. The molecular weight excluding hydrogens is 564 g/mol. The Hall–Kier alpha value is -2.75. The van der Waals surface area contributed by atoms with Crippen molar-refractivity contribution in [3.05, 3.63) is 52.5 Å². The number of nitrogens with zero attached hydrogens (tertiary/aromatic N) is 2. The largest absolute Gasteiger partial charge is 0.486 e. The Labute approximate surface area is 250 Å². The summed E-state index contributed by atoms with van der Waals surface area (Å²) in [6.07, 6.45) is -0.492. The van der Waals surface area contributed by atoms with Crippen molar-refractivity contribution in [1.29, 1.82) is 0 Å². The molecule has 1 fully saturated rings. The van der Waals surface area contributed by atoms with E-state index in [2.05, 4.69) is 20.8 Å². The van der Waals surface area contributed by atoms with Crippen LogP contribution in [0, 0.1) is 17.3 Å². The zero-order chi connectivity index (χ0) is 29.5. The highest BCUT2D eigenvalue weighted by molar-refractivity contribution is 8.00. The van der Waals surface area contributed by atoms with E-state index in [0.29, 0.717) is 55.8 Å². The Bertz CT molecular complexity index is 1360. The maximum atomic E-state index is 14.5. The van der Waals surface area contributed by atoms with Gasteiger partial charge >= 0.3 is 12.0 Å². The molecule has 3 aliphatic rings. The number of ether oxygens (including phenoxy) is 2. The zero-order valence-corrected chi connectivity index (χ0v) is 25.6. The van der Waals surface area contributed by atoms with E-state index in [1.807, 2.05) is 36.4 Å². The number of fused-ring (bicyclic) bond motifs is 2. The number of amides is 2. The lowest BCUT2D eigenvalue weighted by molar-refractivity contribution is -0.132. The highest BCUT2D eigenvalue weighted by Crippen LogP contribution is 2.50. The van der Waals surface area contributed by atoms with Crippen LogP contribution >= 0.6 is 23.4 Å². The van der Waals surface area contributed by atoms with Crippen molar-refractivity contribution in [2.45, 2.75) is 39.4 Å². The number of carbonyl (C=O) groups is 3. The molecule has 8 nitrogen and oxygen atoms in total. The quantitative estimate of drug-likeness (QED) is 0.418. The smallest absolute Gasteiger partial charge is 0.407 e. The highest BCUT2D eigenvalue weighted by atomic mass is 35.5. The lowest BCUT2D eigenvalue weighted by Crippen LogP contribution is -2.63. The summed E-state index contributed by atoms with van der Waals surface area (Å²) in [5.41, 5.74) is 2.64. The summed E-state index contributed by atoms with van der Waals surface area (Å²) in [5, 5.41) is 10.0. The molecule has 41 heavy (non-hydrogen) atoms. The van der Waals surface area contributed by atoms with Gasteiger partial charge in [0, 0.05) is 47.0 Å². The molecule has 2 amide bonds. The van der Waals surface area contributed by atoms with Gasteiger partial charge in [0.1, 0.15) is 30.4 Å². The highest BCUT2D eigenvalue weighted by Gasteiger charge is 2.50. The minimum Gasteiger partial charge on any atom is -0.486 e. The van der Waals surface area contributed by atoms with Crippen molar-refractivity contribution in [3.63, 3.8) is 0 Å². The first-order valence-corrected chi connectivity index (χ1v) is 15.5. The second kappa shape index (κ2) is 11.5. The number of hydrogen-bond acceptors (Lipinski definition) is 6. The number of piperidine rings is 1. The Morgan fingerprint density at radius 1 is 1.12 bits per heavy atom. The molecule has 0 aromatic heterocycles. The van der Waals surface area contributed by atoms with Crippen LogP contribution in [0.1, 0.15) is 50.5 Å². The number of halogens is 1. The third kappa shape index (κ3) is 6.08. The van der Waals surface area contributed by atoms with Gasteiger partial charge in [-0.3, -0.25) is 4.79 Å². The maximum absolute atomic E-state index is 14.5. The van der Waals surface area contributed by atoms with Crippen LogP contribution in [-0.2, 0) is 9.59 Å². The Kier molecular flexibility index (Phi) is 8.34. The summed E-state index contributed by atoms with van der Waals surface area (Å²) in [6.45, 7) is 10.4. The van der Waals surface area contributed by atoms with E-state index in [0.717, 1.165) is 16.8 Å². The van der Waals surface area contributed by atoms with E-state index < -0.39 is 12.0 Å². The third-order valence-electron chi connectivity index (χ3n) is 8.29. The van der Waals surface area contributed by atoms with E-state index in [4.69, 9.17) is 21.1 Å². The SMILES string of the molecule is CC(=O)[C@H]1CN(C(=O)O)CC[C@@H]1C[N+]1(CC(C)(C)C)C(=O)CSC(c2ccc3c(c2)OCCO3)c2cc(Cl)ccc21. The molecule has 0 bridgehead atoms. The molecule has 1 saturated heterocycles. The van der Waals surface area contributed by atoms with E-state index >= 15 is 0 Å². The number of Topliss-reactive ketones (excluding diaryl/α,β-unsaturated/α-hetero) is 1. The number of rotatable bonds is 5. The molecule has 4 atom stereocenters. The van der Waals surface area contributed by atoms with Gasteiger partial charge in [0.2, 0.25) is 0 Å². The van der Waals surface area contributed by atoms with Crippen LogP contribution in [0.4, 0.5) is 10.5 Å². The molecule has 3 heterocycles. The average molecular weight is 602 g/mol. The van der Waals surface area contributed by atoms with Gasteiger partial charge in [-0.05, 0) is 43.2 Å². The molecule has 0 saturated carbocycles. The van der Waals surface area contributed by atoms with Gasteiger partial charge in [-0.25, -0.2) is 14.1 Å². The summed E-state index contributed by atoms with van der Waals surface area (Å²) < 4.78 is 11.7. The Morgan fingerprint density at radius 3 is 2.54 bits per heavy atom. The molecule has 2 aromatic carbocycles. The minimum absolute atomic E-state index is 0.0445. The number of likely N-dealkylation sites (tertiary alicyclic amines) is 1. The third-order valence-corrected chi connectivity index (χ3v) is 9.80. The van der Waals surface area contributed by atoms with Gasteiger partial charge in [0.05, 0.1) is 18.3 Å². The van der Waals surface area contributed by atoms with Crippen LogP contribution < -0.4 is 14.0 Å². The molecule has 3 aliphatic heterocycles. The van der Waals surface area contributed by atoms with Crippen LogP contribution in [0.2, 0.25) is 5.02 Å². The minimum atomic E-state index is -1.02. The fourth-order valence-electron chi connectivity index (χ4n) is 6.63. The molecule has 0 spiro atoms. The average Bonchev–Trinajstić information content (AvgIpc) is 3.01. The second-order valence-corrected chi connectivity index (χ2v) is 14.1. The van der Waals surface area contributed by atoms with Crippen molar-refractivity contribution in [1.82, 2.24) is 9.38 Å². The van der Waals surface area contributed by atoms with Crippen LogP contribution in [0.15, 0.2) is 36.4 Å². The predicted octanol–water partition coefficient (Wildman–Crippen LogP) is 6.03. The Balaban J connectivity index is 1.63. The topological polar surface area (TPSA) is 93.1 Å². The summed E-state index contributed by atoms with van der Waals surface area (Å²) in [7, 11) is 0. The van der Waals surface area contributed by atoms with Gasteiger partial charge in [0.25, 0.3) is 0 Å². The second-order valence-electron chi connectivity index (χ2n) is 12.6. The predicted molar refractivity (Wildman–Crippen MR) is 161 cm³/mol. The van der Waals surface area contributed by atoms with Gasteiger partial charge in [-0.1, -0.05) is 38.4 Å². The number of quaternary nitrogens is 1. The lowest BCUT2D eigenvalue weighted by atomic mass is 9.81. The fraction of sp³-hybridized carbons (Fsp3) is 0.516. The van der Waals surface area contributed by atoms with E-state index in [-0.39, 0.29) is 45.1 Å². The summed E-state index contributed by atoms with van der Waals surface area (Å²) in [5.74, 6) is 1.10. The molecule has 0 radical (unpaired) electrons. The van der Waals surface area contributed by atoms with E-state index in [9.17, 15) is 19.5 Å². The van der Waals surface area contributed by atoms with Gasteiger partial charge in [0.15, 0.2) is 11.5 Å². The van der Waals surface area contributed by atoms with Crippen molar-refractivity contribution in [2.75, 3.05) is 45.1 Å². The number of carboxylic acid groups (broad SMARTS) is 1. The van der Waals surface area contributed by atoms with E-state index in [1.54, 1.807) is 11.8 Å². The monoisotopic (exact) mass is 601 g/mol. The number of benzene rings is 2. The van der Waals surface area contributed by atoms with Crippen LogP contribution in [0.5, 0.6) is 11.5 Å². The van der Waals surface area contributed by atoms with Crippen molar-refractivity contribution in [3.8, 4) is 11.5 Å². The van der Waals surface area contributed by atoms with Crippen molar-refractivity contribution in [2.24, 2.45) is 17.3 Å². The van der Waals surface area contributed by atoms with Gasteiger partial charge in [-0.2, -0.15) is 0 Å². The first kappa shape index (κ1) is 29.7. The summed E-state index contributed by atoms with van der Waals surface area (Å²) in [6, 6.07) is 11.7. The molecule has 5 rings (SSSR count). The number of thioether (sulfide) groups is 1. The van der Waals surface area contributed by atoms with Crippen LogP contribution in [0.3, 0.4) is 0 Å². The first-order valence-electron chi connectivity index (χ1n) is 14.1. The number of ketones is 1. The number of carbonyl (C=O) groups excluding carboxylic acids is 2. The van der Waals surface area contributed by atoms with Gasteiger partial charge < -0.3 is 19.5 Å². The molecule has 0 aliphatic carbocycles. The maximum Gasteiger partial charge on any atom is 0.407 e. The molecule has 1 N–H and O–H groups in total. The van der Waals surface area contributed by atoms with Gasteiger partial charge in [-0.15, -0.1) is 11.8 Å². The fourth-order valence-corrected chi connectivity index (χ4v) is 8.07. The summed E-state index contributed by atoms with van der Waals surface area (Å²) >= 11 is 8.19. The zero-order valence-electron chi connectivity index (χ0n) is 24.0. The first-order chi connectivity index (χ1) is 19.4.